The number of aryl methyl sites for hydroxylation is 3. The summed E-state index contributed by atoms with van der Waals surface area (Å²) in [4.78, 5) is 16.7. The Kier molecular flexibility index (Phi) is 5.21. The Hall–Kier alpha value is -2.66. The van der Waals surface area contributed by atoms with Gasteiger partial charge in [-0.25, -0.2) is 4.98 Å². The molecule has 138 valence electrons. The molecule has 1 aliphatic rings. The number of rotatable bonds is 5. The van der Waals surface area contributed by atoms with E-state index in [4.69, 9.17) is 4.74 Å². The van der Waals surface area contributed by atoms with Crippen LogP contribution in [-0.4, -0.2) is 17.5 Å². The normalized spacial score (nSPS) is 13.1. The molecule has 0 spiro atoms. The molecule has 1 N–H and O–H groups in total. The summed E-state index contributed by atoms with van der Waals surface area (Å²) in [7, 11) is 0. The summed E-state index contributed by atoms with van der Waals surface area (Å²) in [5.41, 5.74) is 5.92. The van der Waals surface area contributed by atoms with Crippen molar-refractivity contribution in [3.63, 3.8) is 0 Å². The molecule has 4 nitrogen and oxygen atoms in total. The van der Waals surface area contributed by atoms with Gasteiger partial charge in [-0.2, -0.15) is 0 Å². The molecule has 3 aromatic rings. The molecule has 0 aliphatic heterocycles. The monoisotopic (exact) mass is 378 g/mol. The second kappa shape index (κ2) is 7.92. The fraction of sp³-hybridized carbons (Fsp3) is 0.273. The van der Waals surface area contributed by atoms with Gasteiger partial charge in [-0.15, -0.1) is 11.3 Å². The van der Waals surface area contributed by atoms with Crippen LogP contribution in [0.2, 0.25) is 0 Å². The Morgan fingerprint density at radius 1 is 1.15 bits per heavy atom. The van der Waals surface area contributed by atoms with Crippen molar-refractivity contribution in [1.29, 1.82) is 0 Å². The van der Waals surface area contributed by atoms with Gasteiger partial charge < -0.3 is 4.74 Å². The molecule has 1 heterocycles. The van der Waals surface area contributed by atoms with E-state index in [1.807, 2.05) is 36.6 Å². The van der Waals surface area contributed by atoms with Crippen molar-refractivity contribution >= 4 is 22.4 Å². The Morgan fingerprint density at radius 2 is 1.96 bits per heavy atom. The quantitative estimate of drug-likeness (QED) is 0.679. The topological polar surface area (TPSA) is 51.2 Å². The van der Waals surface area contributed by atoms with Gasteiger partial charge in [-0.3, -0.25) is 10.1 Å². The van der Waals surface area contributed by atoms with Crippen LogP contribution >= 0.6 is 11.3 Å². The third kappa shape index (κ3) is 4.19. The third-order valence-electron chi connectivity index (χ3n) is 4.85. The highest BCUT2D eigenvalue weighted by atomic mass is 32.1. The Balaban J connectivity index is 1.39. The summed E-state index contributed by atoms with van der Waals surface area (Å²) in [6.07, 6.45) is 4.86. The summed E-state index contributed by atoms with van der Waals surface area (Å²) in [5, 5.41) is 5.41. The predicted molar refractivity (Wildman–Crippen MR) is 109 cm³/mol. The minimum absolute atomic E-state index is 0.0292. The van der Waals surface area contributed by atoms with Crippen LogP contribution in [0.5, 0.6) is 5.75 Å². The SMILES string of the molecule is Cc1ccccc1OCC(=O)Nc1nc(-c2ccc3c(c2)CCCC3)cs1. The van der Waals surface area contributed by atoms with E-state index >= 15 is 0 Å². The Bertz CT molecular complexity index is 964. The van der Waals surface area contributed by atoms with Crippen LogP contribution in [0.3, 0.4) is 0 Å². The van der Waals surface area contributed by atoms with E-state index in [0.717, 1.165) is 29.0 Å². The van der Waals surface area contributed by atoms with Crippen molar-refractivity contribution in [2.75, 3.05) is 11.9 Å². The molecule has 2 aromatic carbocycles. The molecule has 0 saturated carbocycles. The average molecular weight is 378 g/mol. The number of carbonyl (C=O) groups is 1. The van der Waals surface area contributed by atoms with E-state index in [9.17, 15) is 4.79 Å². The molecule has 1 aliphatic carbocycles. The zero-order valence-electron chi connectivity index (χ0n) is 15.3. The first-order valence-corrected chi connectivity index (χ1v) is 10.1. The number of hydrogen-bond donors (Lipinski definition) is 1. The van der Waals surface area contributed by atoms with Crippen LogP contribution in [0.1, 0.15) is 29.5 Å². The second-order valence-electron chi connectivity index (χ2n) is 6.83. The van der Waals surface area contributed by atoms with Crippen molar-refractivity contribution < 1.29 is 9.53 Å². The second-order valence-corrected chi connectivity index (χ2v) is 7.69. The smallest absolute Gasteiger partial charge is 0.264 e. The number of nitrogens with one attached hydrogen (secondary N) is 1. The highest BCUT2D eigenvalue weighted by molar-refractivity contribution is 7.14. The molecule has 0 radical (unpaired) electrons. The van der Waals surface area contributed by atoms with Gasteiger partial charge in [-0.05, 0) is 61.4 Å². The molecule has 0 fully saturated rings. The molecule has 4 rings (SSSR count). The number of aromatic nitrogens is 1. The Labute approximate surface area is 163 Å². The first kappa shape index (κ1) is 17.7. The van der Waals surface area contributed by atoms with E-state index in [0.29, 0.717) is 5.13 Å². The Morgan fingerprint density at radius 3 is 2.81 bits per heavy atom. The summed E-state index contributed by atoms with van der Waals surface area (Å²) in [6.45, 7) is 1.93. The molecule has 0 bridgehead atoms. The summed E-state index contributed by atoms with van der Waals surface area (Å²) in [5.74, 6) is 0.520. The summed E-state index contributed by atoms with van der Waals surface area (Å²) >= 11 is 1.44. The molecular weight excluding hydrogens is 356 g/mol. The lowest BCUT2D eigenvalue weighted by atomic mass is 9.90. The minimum Gasteiger partial charge on any atom is -0.483 e. The molecule has 1 amide bonds. The third-order valence-corrected chi connectivity index (χ3v) is 5.60. The van der Waals surface area contributed by atoms with E-state index in [-0.39, 0.29) is 12.5 Å². The van der Waals surface area contributed by atoms with Crippen LogP contribution < -0.4 is 10.1 Å². The fourth-order valence-corrected chi connectivity index (χ4v) is 4.11. The van der Waals surface area contributed by atoms with E-state index < -0.39 is 0 Å². The van der Waals surface area contributed by atoms with E-state index in [1.165, 1.54) is 41.7 Å². The number of hydrogen-bond acceptors (Lipinski definition) is 4. The standard InChI is InChI=1S/C22H22N2O2S/c1-15-6-2-5-9-20(15)26-13-21(25)24-22-23-19(14-27-22)18-11-10-16-7-3-4-8-17(16)12-18/h2,5-6,9-12,14H,3-4,7-8,13H2,1H3,(H,23,24,25). The largest absolute Gasteiger partial charge is 0.483 e. The average Bonchev–Trinajstić information content (AvgIpc) is 3.15. The zero-order chi connectivity index (χ0) is 18.6. The van der Waals surface area contributed by atoms with Crippen molar-refractivity contribution in [2.45, 2.75) is 32.6 Å². The number of para-hydroxylation sites is 1. The maximum atomic E-state index is 12.2. The highest BCUT2D eigenvalue weighted by Gasteiger charge is 2.13. The van der Waals surface area contributed by atoms with Gasteiger partial charge in [-0.1, -0.05) is 30.3 Å². The predicted octanol–water partition coefficient (Wildman–Crippen LogP) is 5.01. The molecule has 5 heteroatoms. The van der Waals surface area contributed by atoms with Gasteiger partial charge in [0.05, 0.1) is 5.69 Å². The lowest BCUT2D eigenvalue weighted by molar-refractivity contribution is -0.118. The molecule has 0 unspecified atom stereocenters. The molecular formula is C22H22N2O2S. The van der Waals surface area contributed by atoms with Crippen molar-refractivity contribution in [2.24, 2.45) is 0 Å². The molecule has 27 heavy (non-hydrogen) atoms. The summed E-state index contributed by atoms with van der Waals surface area (Å²) < 4.78 is 5.59. The molecule has 1 aromatic heterocycles. The van der Waals surface area contributed by atoms with Crippen LogP contribution in [0.25, 0.3) is 11.3 Å². The first-order valence-electron chi connectivity index (χ1n) is 9.25. The van der Waals surface area contributed by atoms with Gasteiger partial charge >= 0.3 is 0 Å². The van der Waals surface area contributed by atoms with Crippen molar-refractivity contribution in [3.05, 3.63) is 64.5 Å². The number of carbonyl (C=O) groups excluding carboxylic acids is 1. The van der Waals surface area contributed by atoms with Crippen molar-refractivity contribution in [3.8, 4) is 17.0 Å². The highest BCUT2D eigenvalue weighted by Crippen LogP contribution is 2.29. The first-order chi connectivity index (χ1) is 13.2. The van der Waals surface area contributed by atoms with Gasteiger partial charge in [0.25, 0.3) is 5.91 Å². The van der Waals surface area contributed by atoms with Crippen LogP contribution in [0, 0.1) is 6.92 Å². The van der Waals surface area contributed by atoms with Gasteiger partial charge in [0.2, 0.25) is 0 Å². The van der Waals surface area contributed by atoms with Crippen LogP contribution in [0.15, 0.2) is 47.8 Å². The fourth-order valence-electron chi connectivity index (χ4n) is 3.37. The number of thiazole rings is 1. The molecule has 0 saturated heterocycles. The summed E-state index contributed by atoms with van der Waals surface area (Å²) in [6, 6.07) is 14.3. The van der Waals surface area contributed by atoms with Gasteiger partial charge in [0, 0.05) is 10.9 Å². The van der Waals surface area contributed by atoms with E-state index in [1.54, 1.807) is 0 Å². The zero-order valence-corrected chi connectivity index (χ0v) is 16.1. The van der Waals surface area contributed by atoms with E-state index in [2.05, 4.69) is 28.5 Å². The number of benzene rings is 2. The number of anilines is 1. The van der Waals surface area contributed by atoms with Gasteiger partial charge in [0.1, 0.15) is 5.75 Å². The minimum atomic E-state index is -0.204. The van der Waals surface area contributed by atoms with Crippen LogP contribution in [0.4, 0.5) is 5.13 Å². The number of fused-ring (bicyclic) bond motifs is 1. The number of nitrogens with zero attached hydrogens (tertiary/aromatic N) is 1. The maximum Gasteiger partial charge on any atom is 0.264 e. The maximum absolute atomic E-state index is 12.2. The lowest BCUT2D eigenvalue weighted by Crippen LogP contribution is -2.20. The lowest BCUT2D eigenvalue weighted by Gasteiger charge is -2.16. The van der Waals surface area contributed by atoms with Gasteiger partial charge in [0.15, 0.2) is 11.7 Å². The molecule has 0 atom stereocenters. The van der Waals surface area contributed by atoms with Crippen molar-refractivity contribution in [1.82, 2.24) is 4.98 Å². The number of amides is 1. The van der Waals surface area contributed by atoms with Crippen LogP contribution in [-0.2, 0) is 17.6 Å². The number of ether oxygens (including phenoxy) is 1.